The number of amides is 1. The van der Waals surface area contributed by atoms with Crippen LogP contribution in [0.5, 0.6) is 0 Å². The molecule has 0 bridgehead atoms. The Morgan fingerprint density at radius 1 is 1.48 bits per heavy atom. The maximum absolute atomic E-state index is 11.7. The van der Waals surface area contributed by atoms with E-state index in [1.807, 2.05) is 17.9 Å². The third-order valence-electron chi connectivity index (χ3n) is 3.96. The Morgan fingerprint density at radius 2 is 2.22 bits per heavy atom. The molecule has 0 aliphatic carbocycles. The van der Waals surface area contributed by atoms with Crippen molar-refractivity contribution in [1.29, 1.82) is 5.41 Å². The molecule has 2 heterocycles. The van der Waals surface area contributed by atoms with Gasteiger partial charge in [-0.2, -0.15) is 0 Å². The third-order valence-corrected chi connectivity index (χ3v) is 3.96. The van der Waals surface area contributed by atoms with Gasteiger partial charge in [-0.15, -0.1) is 0 Å². The van der Waals surface area contributed by atoms with Crippen molar-refractivity contribution >= 4 is 18.1 Å². The highest BCUT2D eigenvalue weighted by atomic mass is 16.2. The van der Waals surface area contributed by atoms with Gasteiger partial charge in [-0.3, -0.25) is 4.79 Å². The van der Waals surface area contributed by atoms with Crippen molar-refractivity contribution in [3.63, 3.8) is 0 Å². The Hall–Kier alpha value is -2.44. The van der Waals surface area contributed by atoms with E-state index in [-0.39, 0.29) is 5.91 Å². The monoisotopic (exact) mass is 316 g/mol. The molecule has 1 saturated heterocycles. The molecule has 124 valence electrons. The summed E-state index contributed by atoms with van der Waals surface area (Å²) in [6, 6.07) is 1.93. The van der Waals surface area contributed by atoms with E-state index in [4.69, 9.17) is 5.41 Å². The molecule has 0 spiro atoms. The zero-order chi connectivity index (χ0) is 16.7. The van der Waals surface area contributed by atoms with Gasteiger partial charge in [-0.05, 0) is 18.9 Å². The van der Waals surface area contributed by atoms with Crippen LogP contribution in [0.4, 0.5) is 5.95 Å². The number of allylic oxidation sites excluding steroid dienone is 1. The summed E-state index contributed by atoms with van der Waals surface area (Å²) in [4.78, 5) is 22.4. The van der Waals surface area contributed by atoms with Crippen molar-refractivity contribution in [3.05, 3.63) is 29.9 Å². The first-order chi connectivity index (χ1) is 11.2. The number of hydrogen-bond donors (Lipinski definition) is 3. The summed E-state index contributed by atoms with van der Waals surface area (Å²) < 4.78 is 0. The van der Waals surface area contributed by atoms with Gasteiger partial charge in [0.05, 0.1) is 5.70 Å². The molecule has 0 aromatic carbocycles. The number of anilines is 1. The first kappa shape index (κ1) is 16.9. The van der Waals surface area contributed by atoms with Crippen LogP contribution >= 0.6 is 0 Å². The second-order valence-electron chi connectivity index (χ2n) is 5.47. The van der Waals surface area contributed by atoms with Crippen molar-refractivity contribution in [3.8, 4) is 0 Å². The van der Waals surface area contributed by atoms with Crippen LogP contribution in [0, 0.1) is 5.41 Å². The predicted molar refractivity (Wildman–Crippen MR) is 90.4 cm³/mol. The fourth-order valence-electron chi connectivity index (χ4n) is 2.71. The van der Waals surface area contributed by atoms with Crippen LogP contribution in [-0.2, 0) is 4.79 Å². The van der Waals surface area contributed by atoms with Gasteiger partial charge in [-0.25, -0.2) is 9.97 Å². The van der Waals surface area contributed by atoms with E-state index in [0.717, 1.165) is 31.6 Å². The number of piperidine rings is 1. The molecule has 0 atom stereocenters. The molecule has 0 unspecified atom stereocenters. The quantitative estimate of drug-likeness (QED) is 0.695. The Morgan fingerprint density at radius 3 is 2.83 bits per heavy atom. The molecule has 1 aliphatic heterocycles. The van der Waals surface area contributed by atoms with Crippen LogP contribution in [0.1, 0.15) is 37.8 Å². The maximum Gasteiger partial charge on any atom is 0.227 e. The summed E-state index contributed by atoms with van der Waals surface area (Å²) in [5, 5.41) is 13.2. The lowest BCUT2D eigenvalue weighted by atomic mass is 9.93. The molecular formula is C16H24N6O. The molecule has 1 fully saturated rings. The topological polar surface area (TPSA) is 94.0 Å². The molecule has 3 N–H and O–H groups in total. The van der Waals surface area contributed by atoms with Crippen LogP contribution in [0.25, 0.3) is 0 Å². The van der Waals surface area contributed by atoms with Gasteiger partial charge in [0, 0.05) is 56.8 Å². The minimum Gasteiger partial charge on any atom is -0.392 e. The summed E-state index contributed by atoms with van der Waals surface area (Å²) in [6.07, 6.45) is 7.03. The smallest absolute Gasteiger partial charge is 0.227 e. The van der Waals surface area contributed by atoms with Gasteiger partial charge in [0.1, 0.15) is 0 Å². The van der Waals surface area contributed by atoms with Gasteiger partial charge in [0.25, 0.3) is 0 Å². The number of aromatic nitrogens is 2. The second kappa shape index (κ2) is 8.26. The molecule has 23 heavy (non-hydrogen) atoms. The van der Waals surface area contributed by atoms with Crippen molar-refractivity contribution in [1.82, 2.24) is 20.2 Å². The number of hydrogen-bond acceptors (Lipinski definition) is 6. The zero-order valence-corrected chi connectivity index (χ0v) is 13.7. The average Bonchev–Trinajstić information content (AvgIpc) is 2.61. The van der Waals surface area contributed by atoms with Gasteiger partial charge in [-0.1, -0.05) is 6.92 Å². The number of carbonyl (C=O) groups is 1. The van der Waals surface area contributed by atoms with Crippen LogP contribution in [0.15, 0.2) is 24.2 Å². The van der Waals surface area contributed by atoms with Crippen molar-refractivity contribution < 1.29 is 4.79 Å². The van der Waals surface area contributed by atoms with E-state index in [1.165, 1.54) is 6.21 Å². The molecule has 0 radical (unpaired) electrons. The molecule has 1 amide bonds. The predicted octanol–water partition coefficient (Wildman–Crippen LogP) is 1.71. The van der Waals surface area contributed by atoms with E-state index < -0.39 is 0 Å². The van der Waals surface area contributed by atoms with Crippen LogP contribution in [0.2, 0.25) is 0 Å². The molecule has 1 aromatic rings. The van der Waals surface area contributed by atoms with E-state index in [0.29, 0.717) is 24.0 Å². The van der Waals surface area contributed by atoms with E-state index in [1.54, 1.807) is 19.4 Å². The molecule has 1 aliphatic rings. The number of nitrogens with one attached hydrogen (secondary N) is 3. The Balaban J connectivity index is 2.02. The minimum atomic E-state index is 0.223. The lowest BCUT2D eigenvalue weighted by molar-refractivity contribution is -0.131. The second-order valence-corrected chi connectivity index (χ2v) is 5.47. The lowest BCUT2D eigenvalue weighted by Gasteiger charge is -2.31. The van der Waals surface area contributed by atoms with Crippen LogP contribution in [-0.4, -0.2) is 47.1 Å². The number of likely N-dealkylation sites (tertiary alicyclic amines) is 1. The maximum atomic E-state index is 11.7. The SMILES string of the molecule is CCC(=O)N1CCC(c2ccnc(N/C(C=N)=C/NC)n2)CC1. The highest BCUT2D eigenvalue weighted by molar-refractivity contribution is 5.79. The summed E-state index contributed by atoms with van der Waals surface area (Å²) in [6.45, 7) is 3.47. The fraction of sp³-hybridized carbons (Fsp3) is 0.500. The summed E-state index contributed by atoms with van der Waals surface area (Å²) in [7, 11) is 1.77. The first-order valence-corrected chi connectivity index (χ1v) is 7.93. The number of carbonyl (C=O) groups excluding carboxylic acids is 1. The van der Waals surface area contributed by atoms with Gasteiger partial charge >= 0.3 is 0 Å². The van der Waals surface area contributed by atoms with Crippen LogP contribution in [0.3, 0.4) is 0 Å². The van der Waals surface area contributed by atoms with Crippen LogP contribution < -0.4 is 10.6 Å². The number of nitrogens with zero attached hydrogens (tertiary/aromatic N) is 3. The van der Waals surface area contributed by atoms with Crippen molar-refractivity contribution in [2.45, 2.75) is 32.1 Å². The highest BCUT2D eigenvalue weighted by Gasteiger charge is 2.24. The van der Waals surface area contributed by atoms with E-state index in [2.05, 4.69) is 20.6 Å². The average molecular weight is 316 g/mol. The molecule has 0 saturated carbocycles. The fourth-order valence-corrected chi connectivity index (χ4v) is 2.71. The zero-order valence-electron chi connectivity index (χ0n) is 13.7. The Bertz CT molecular complexity index is 578. The standard InChI is InChI=1S/C16H24N6O/c1-3-15(23)22-8-5-12(6-9-22)14-4-7-19-16(21-14)20-13(10-17)11-18-2/h4,7,10-12,17-18H,3,5-6,8-9H2,1-2H3,(H,19,20,21)/b13-11+,17-10?. The summed E-state index contributed by atoms with van der Waals surface area (Å²) in [5.41, 5.74) is 1.58. The van der Waals surface area contributed by atoms with Gasteiger partial charge in [0.15, 0.2) is 0 Å². The molecule has 1 aromatic heterocycles. The Labute approximate surface area is 136 Å². The number of rotatable bonds is 6. The molecule has 2 rings (SSSR count). The van der Waals surface area contributed by atoms with Gasteiger partial charge < -0.3 is 20.9 Å². The van der Waals surface area contributed by atoms with Gasteiger partial charge in [0.2, 0.25) is 11.9 Å². The van der Waals surface area contributed by atoms with E-state index >= 15 is 0 Å². The first-order valence-electron chi connectivity index (χ1n) is 7.93. The van der Waals surface area contributed by atoms with Crippen molar-refractivity contribution in [2.24, 2.45) is 0 Å². The highest BCUT2D eigenvalue weighted by Crippen LogP contribution is 2.27. The summed E-state index contributed by atoms with van der Waals surface area (Å²) >= 11 is 0. The minimum absolute atomic E-state index is 0.223. The lowest BCUT2D eigenvalue weighted by Crippen LogP contribution is -2.37. The Kier molecular flexibility index (Phi) is 6.08. The third kappa shape index (κ3) is 4.51. The normalized spacial score (nSPS) is 16.1. The largest absolute Gasteiger partial charge is 0.392 e. The summed E-state index contributed by atoms with van der Waals surface area (Å²) in [5.74, 6) is 1.05. The molecular weight excluding hydrogens is 292 g/mol. The molecule has 7 nitrogen and oxygen atoms in total. The molecule has 7 heteroatoms. The van der Waals surface area contributed by atoms with E-state index in [9.17, 15) is 4.79 Å². The van der Waals surface area contributed by atoms with Crippen molar-refractivity contribution in [2.75, 3.05) is 25.5 Å².